The first kappa shape index (κ1) is 17.0. The van der Waals surface area contributed by atoms with Crippen LogP contribution in [0, 0.1) is 26.7 Å². The summed E-state index contributed by atoms with van der Waals surface area (Å²) in [5.41, 5.74) is 8.73. The van der Waals surface area contributed by atoms with Gasteiger partial charge in [0.05, 0.1) is 4.90 Å². The van der Waals surface area contributed by atoms with Crippen molar-refractivity contribution >= 4 is 15.7 Å². The Labute approximate surface area is 122 Å². The maximum absolute atomic E-state index is 12.5. The van der Waals surface area contributed by atoms with E-state index >= 15 is 0 Å². The van der Waals surface area contributed by atoms with Crippen molar-refractivity contribution in [3.05, 3.63) is 22.8 Å². The van der Waals surface area contributed by atoms with Gasteiger partial charge in [-0.3, -0.25) is 0 Å². The van der Waals surface area contributed by atoms with E-state index in [1.165, 1.54) is 0 Å². The maximum atomic E-state index is 12.5. The van der Waals surface area contributed by atoms with E-state index in [2.05, 4.69) is 18.6 Å². The molecule has 0 radical (unpaired) electrons. The minimum atomic E-state index is -3.51. The highest BCUT2D eigenvalue weighted by atomic mass is 32.2. The van der Waals surface area contributed by atoms with E-state index in [1.807, 2.05) is 19.9 Å². The van der Waals surface area contributed by atoms with E-state index < -0.39 is 10.0 Å². The third kappa shape index (κ3) is 3.52. The zero-order valence-corrected chi connectivity index (χ0v) is 13.9. The average Bonchev–Trinajstić information content (AvgIpc) is 2.37. The van der Waals surface area contributed by atoms with E-state index in [4.69, 9.17) is 5.73 Å². The minimum Gasteiger partial charge on any atom is -0.398 e. The lowest BCUT2D eigenvalue weighted by Gasteiger charge is -2.18. The monoisotopic (exact) mass is 298 g/mol. The van der Waals surface area contributed by atoms with Crippen LogP contribution in [0.5, 0.6) is 0 Å². The summed E-state index contributed by atoms with van der Waals surface area (Å²) >= 11 is 0. The Morgan fingerprint density at radius 2 is 1.70 bits per heavy atom. The molecule has 3 N–H and O–H groups in total. The van der Waals surface area contributed by atoms with E-state index in [0.29, 0.717) is 28.6 Å². The second kappa shape index (κ2) is 6.59. The summed E-state index contributed by atoms with van der Waals surface area (Å²) in [6, 6.07) is 1.82. The van der Waals surface area contributed by atoms with Crippen LogP contribution in [0.1, 0.15) is 43.4 Å². The Bertz CT molecular complexity index is 550. The van der Waals surface area contributed by atoms with E-state index in [1.54, 1.807) is 6.92 Å². The second-order valence-corrected chi connectivity index (χ2v) is 7.10. The molecule has 1 aromatic rings. The summed E-state index contributed by atoms with van der Waals surface area (Å²) in [7, 11) is -3.51. The van der Waals surface area contributed by atoms with E-state index in [-0.39, 0.29) is 0 Å². The largest absolute Gasteiger partial charge is 0.398 e. The van der Waals surface area contributed by atoms with E-state index in [0.717, 1.165) is 24.0 Å². The van der Waals surface area contributed by atoms with Gasteiger partial charge in [0.15, 0.2) is 0 Å². The van der Waals surface area contributed by atoms with Crippen molar-refractivity contribution < 1.29 is 8.42 Å². The molecule has 0 bridgehead atoms. The first-order chi connectivity index (χ1) is 9.24. The highest BCUT2D eigenvalue weighted by Crippen LogP contribution is 2.27. The van der Waals surface area contributed by atoms with Crippen LogP contribution in [0.25, 0.3) is 0 Å². The number of sulfonamides is 1. The van der Waals surface area contributed by atoms with Gasteiger partial charge < -0.3 is 5.73 Å². The highest BCUT2D eigenvalue weighted by Gasteiger charge is 2.22. The van der Waals surface area contributed by atoms with Crippen molar-refractivity contribution in [2.24, 2.45) is 5.92 Å². The number of hydrogen-bond donors (Lipinski definition) is 2. The van der Waals surface area contributed by atoms with Gasteiger partial charge in [0.25, 0.3) is 0 Å². The summed E-state index contributed by atoms with van der Waals surface area (Å²) in [6.45, 7) is 10.1. The van der Waals surface area contributed by atoms with Crippen molar-refractivity contribution in [3.63, 3.8) is 0 Å². The molecule has 0 spiro atoms. The summed E-state index contributed by atoms with van der Waals surface area (Å²) in [5, 5.41) is 0. The molecule has 0 aliphatic rings. The van der Waals surface area contributed by atoms with Crippen LogP contribution in [0.4, 0.5) is 5.69 Å². The SMILES string of the molecule is CCC(CC)CNS(=O)(=O)c1c(C)c(C)cc(N)c1C. The number of rotatable bonds is 6. The molecule has 1 rings (SSSR count). The van der Waals surface area contributed by atoms with Gasteiger partial charge in [0, 0.05) is 12.2 Å². The zero-order valence-electron chi connectivity index (χ0n) is 13.1. The average molecular weight is 298 g/mol. The number of hydrogen-bond acceptors (Lipinski definition) is 3. The van der Waals surface area contributed by atoms with Crippen LogP contribution in [-0.2, 0) is 10.0 Å². The lowest BCUT2D eigenvalue weighted by Crippen LogP contribution is -2.30. The molecule has 0 aromatic heterocycles. The zero-order chi connectivity index (χ0) is 15.5. The number of anilines is 1. The smallest absolute Gasteiger partial charge is 0.241 e. The van der Waals surface area contributed by atoms with Crippen LogP contribution in [0.15, 0.2) is 11.0 Å². The molecule has 0 saturated heterocycles. The van der Waals surface area contributed by atoms with Gasteiger partial charge in [-0.2, -0.15) is 0 Å². The lowest BCUT2D eigenvalue weighted by molar-refractivity contribution is 0.478. The predicted octanol–water partition coefficient (Wildman–Crippen LogP) is 2.91. The van der Waals surface area contributed by atoms with Gasteiger partial charge >= 0.3 is 0 Å². The number of nitrogens with one attached hydrogen (secondary N) is 1. The molecule has 114 valence electrons. The van der Waals surface area contributed by atoms with Crippen molar-refractivity contribution in [1.29, 1.82) is 0 Å². The van der Waals surface area contributed by atoms with Crippen LogP contribution in [-0.4, -0.2) is 15.0 Å². The lowest BCUT2D eigenvalue weighted by atomic mass is 10.0. The fourth-order valence-corrected chi connectivity index (χ4v) is 4.01. The van der Waals surface area contributed by atoms with Crippen LogP contribution in [0.3, 0.4) is 0 Å². The Morgan fingerprint density at radius 3 is 2.20 bits per heavy atom. The van der Waals surface area contributed by atoms with Crippen molar-refractivity contribution in [2.45, 2.75) is 52.4 Å². The molecule has 0 aliphatic carbocycles. The van der Waals surface area contributed by atoms with Gasteiger partial charge in [-0.05, 0) is 49.4 Å². The van der Waals surface area contributed by atoms with Crippen LogP contribution >= 0.6 is 0 Å². The minimum absolute atomic E-state index is 0.334. The number of nitrogens with two attached hydrogens (primary N) is 1. The van der Waals surface area contributed by atoms with Crippen LogP contribution in [0.2, 0.25) is 0 Å². The summed E-state index contributed by atoms with van der Waals surface area (Å²) in [6.07, 6.45) is 1.93. The van der Waals surface area contributed by atoms with Gasteiger partial charge in [-0.15, -0.1) is 0 Å². The molecule has 0 atom stereocenters. The fraction of sp³-hybridized carbons (Fsp3) is 0.600. The molecule has 20 heavy (non-hydrogen) atoms. The molecule has 0 fully saturated rings. The third-order valence-electron chi connectivity index (χ3n) is 4.06. The topological polar surface area (TPSA) is 72.2 Å². The maximum Gasteiger partial charge on any atom is 0.241 e. The van der Waals surface area contributed by atoms with Crippen molar-refractivity contribution in [2.75, 3.05) is 12.3 Å². The van der Waals surface area contributed by atoms with Gasteiger partial charge in [0.1, 0.15) is 0 Å². The molecular formula is C15H26N2O2S. The number of benzene rings is 1. The Morgan fingerprint density at radius 1 is 1.15 bits per heavy atom. The number of nitrogen functional groups attached to an aromatic ring is 1. The van der Waals surface area contributed by atoms with Crippen molar-refractivity contribution in [1.82, 2.24) is 4.72 Å². The Kier molecular flexibility index (Phi) is 5.59. The summed E-state index contributed by atoms with van der Waals surface area (Å²) in [4.78, 5) is 0.334. The third-order valence-corrected chi connectivity index (χ3v) is 5.76. The summed E-state index contributed by atoms with van der Waals surface area (Å²) in [5.74, 6) is 0.368. The second-order valence-electron chi connectivity index (χ2n) is 5.40. The van der Waals surface area contributed by atoms with Crippen molar-refractivity contribution in [3.8, 4) is 0 Å². The molecule has 0 unspecified atom stereocenters. The molecule has 5 heteroatoms. The fourth-order valence-electron chi connectivity index (χ4n) is 2.32. The Balaban J connectivity index is 3.16. The van der Waals surface area contributed by atoms with Crippen LogP contribution < -0.4 is 10.5 Å². The Hall–Kier alpha value is -1.07. The van der Waals surface area contributed by atoms with Gasteiger partial charge in [0.2, 0.25) is 10.0 Å². The molecule has 4 nitrogen and oxygen atoms in total. The quantitative estimate of drug-likeness (QED) is 0.793. The first-order valence-corrected chi connectivity index (χ1v) is 8.58. The van der Waals surface area contributed by atoms with Gasteiger partial charge in [-0.1, -0.05) is 26.7 Å². The number of aryl methyl sites for hydroxylation is 1. The molecule has 1 aromatic carbocycles. The highest BCUT2D eigenvalue weighted by molar-refractivity contribution is 7.89. The first-order valence-electron chi connectivity index (χ1n) is 7.10. The summed E-state index contributed by atoms with van der Waals surface area (Å²) < 4.78 is 27.8. The molecule has 0 saturated carbocycles. The molecule has 0 heterocycles. The standard InChI is InChI=1S/C15H26N2O2S/c1-6-13(7-2)9-17-20(18,19)15-11(4)10(3)8-14(16)12(15)5/h8,13,17H,6-7,9,16H2,1-5H3. The molecular weight excluding hydrogens is 272 g/mol. The van der Waals surface area contributed by atoms with Gasteiger partial charge in [-0.25, -0.2) is 13.1 Å². The van der Waals surface area contributed by atoms with E-state index in [9.17, 15) is 8.42 Å². The molecule has 0 aliphatic heterocycles. The normalized spacial score (nSPS) is 12.1. The predicted molar refractivity (Wildman–Crippen MR) is 84.3 cm³/mol. The molecule has 0 amide bonds.